The van der Waals surface area contributed by atoms with Crippen molar-refractivity contribution in [2.75, 3.05) is 10.8 Å². The van der Waals surface area contributed by atoms with E-state index in [-0.39, 0.29) is 35.5 Å². The van der Waals surface area contributed by atoms with E-state index >= 15 is 0 Å². The fourth-order valence-electron chi connectivity index (χ4n) is 4.24. The van der Waals surface area contributed by atoms with Gasteiger partial charge in [0.15, 0.2) is 0 Å². The lowest BCUT2D eigenvalue weighted by molar-refractivity contribution is -0.140. The molecule has 1 N–H and O–H groups in total. The standard InChI is InChI=1S/C30H34Cl3N3O4S/c1-6-28(30(38)34-19(2)3)35(17-22-10-11-23(31)15-27(22)33)29(37)18-36(24-12-9-21(5)26(32)16-24)41(39,40)25-13-7-20(4)8-14-25/h7-16,19,28H,6,17-18H2,1-5H3,(H,34,38)/t28-/m1/s1. The first kappa shape index (κ1) is 32.7. The summed E-state index contributed by atoms with van der Waals surface area (Å²) in [4.78, 5) is 28.7. The molecule has 11 heteroatoms. The van der Waals surface area contributed by atoms with Crippen molar-refractivity contribution in [1.29, 1.82) is 0 Å². The Morgan fingerprint density at radius 3 is 2.12 bits per heavy atom. The predicted octanol–water partition coefficient (Wildman–Crippen LogP) is 6.79. The smallest absolute Gasteiger partial charge is 0.264 e. The lowest BCUT2D eigenvalue weighted by atomic mass is 10.1. The average Bonchev–Trinajstić information content (AvgIpc) is 2.89. The molecule has 41 heavy (non-hydrogen) atoms. The predicted molar refractivity (Wildman–Crippen MR) is 166 cm³/mol. The van der Waals surface area contributed by atoms with Gasteiger partial charge < -0.3 is 10.2 Å². The van der Waals surface area contributed by atoms with Crippen LogP contribution in [0.1, 0.15) is 43.9 Å². The Bertz CT molecular complexity index is 1510. The number of rotatable bonds is 11. The maximum atomic E-state index is 14.1. The largest absolute Gasteiger partial charge is 0.352 e. The molecule has 0 spiro atoms. The van der Waals surface area contributed by atoms with E-state index in [0.29, 0.717) is 20.6 Å². The molecule has 3 aromatic rings. The Balaban J connectivity index is 2.11. The first-order chi connectivity index (χ1) is 19.2. The zero-order valence-electron chi connectivity index (χ0n) is 23.6. The summed E-state index contributed by atoms with van der Waals surface area (Å²) in [6, 6.07) is 15.0. The van der Waals surface area contributed by atoms with Crippen molar-refractivity contribution in [2.45, 2.75) is 64.6 Å². The number of amides is 2. The van der Waals surface area contributed by atoms with Gasteiger partial charge in [0.25, 0.3) is 10.0 Å². The van der Waals surface area contributed by atoms with Crippen LogP contribution in [0.25, 0.3) is 0 Å². The van der Waals surface area contributed by atoms with Gasteiger partial charge in [-0.05, 0) is 81.6 Å². The molecule has 0 aliphatic carbocycles. The van der Waals surface area contributed by atoms with Crippen LogP contribution in [0.4, 0.5) is 5.69 Å². The van der Waals surface area contributed by atoms with E-state index < -0.39 is 28.5 Å². The molecule has 0 aliphatic rings. The zero-order valence-corrected chi connectivity index (χ0v) is 26.7. The molecule has 0 saturated heterocycles. The van der Waals surface area contributed by atoms with Crippen molar-refractivity contribution in [3.63, 3.8) is 0 Å². The first-order valence-electron chi connectivity index (χ1n) is 13.1. The van der Waals surface area contributed by atoms with Crippen molar-refractivity contribution >= 4 is 62.3 Å². The summed E-state index contributed by atoms with van der Waals surface area (Å²) in [5.41, 5.74) is 2.42. The minimum absolute atomic E-state index is 0.0180. The highest BCUT2D eigenvalue weighted by atomic mass is 35.5. The molecule has 0 aliphatic heterocycles. The van der Waals surface area contributed by atoms with E-state index in [4.69, 9.17) is 34.8 Å². The molecule has 0 radical (unpaired) electrons. The van der Waals surface area contributed by atoms with Gasteiger partial charge in [-0.1, -0.05) is 71.6 Å². The molecule has 0 bridgehead atoms. The van der Waals surface area contributed by atoms with Gasteiger partial charge in [-0.25, -0.2) is 8.42 Å². The van der Waals surface area contributed by atoms with Crippen LogP contribution in [0, 0.1) is 13.8 Å². The summed E-state index contributed by atoms with van der Waals surface area (Å²) >= 11 is 18.9. The third-order valence-electron chi connectivity index (χ3n) is 6.50. The molecular formula is C30H34Cl3N3O4S. The Kier molecular flexibility index (Phi) is 11.1. The summed E-state index contributed by atoms with van der Waals surface area (Å²) < 4.78 is 29.0. The van der Waals surface area contributed by atoms with Crippen molar-refractivity contribution in [2.24, 2.45) is 0 Å². The van der Waals surface area contributed by atoms with Crippen LogP contribution in [0.2, 0.25) is 15.1 Å². The number of carbonyl (C=O) groups excluding carboxylic acids is 2. The van der Waals surface area contributed by atoms with Crippen LogP contribution in [-0.4, -0.2) is 43.8 Å². The van der Waals surface area contributed by atoms with Gasteiger partial charge in [-0.2, -0.15) is 0 Å². The molecule has 2 amide bonds. The normalized spacial score (nSPS) is 12.2. The van der Waals surface area contributed by atoms with E-state index in [9.17, 15) is 18.0 Å². The van der Waals surface area contributed by atoms with Crippen molar-refractivity contribution < 1.29 is 18.0 Å². The zero-order chi connectivity index (χ0) is 30.5. The number of anilines is 1. The van der Waals surface area contributed by atoms with Gasteiger partial charge in [-0.15, -0.1) is 0 Å². The lowest BCUT2D eigenvalue weighted by Crippen LogP contribution is -2.53. The molecule has 0 saturated carbocycles. The molecule has 0 aromatic heterocycles. The average molecular weight is 639 g/mol. The second-order valence-corrected chi connectivity index (χ2v) is 13.2. The molecule has 1 atom stereocenters. The number of sulfonamides is 1. The van der Waals surface area contributed by atoms with Crippen LogP contribution in [0.5, 0.6) is 0 Å². The van der Waals surface area contributed by atoms with Gasteiger partial charge in [0, 0.05) is 27.7 Å². The van der Waals surface area contributed by atoms with Gasteiger partial charge in [0.2, 0.25) is 11.8 Å². The van der Waals surface area contributed by atoms with Crippen LogP contribution in [-0.2, 0) is 26.2 Å². The quantitative estimate of drug-likeness (QED) is 0.251. The number of nitrogens with one attached hydrogen (secondary N) is 1. The van der Waals surface area contributed by atoms with Crippen LogP contribution < -0.4 is 9.62 Å². The maximum absolute atomic E-state index is 14.1. The summed E-state index contributed by atoms with van der Waals surface area (Å²) in [7, 11) is -4.20. The Hall–Kier alpha value is -2.78. The van der Waals surface area contributed by atoms with Crippen molar-refractivity contribution in [3.05, 3.63) is 92.4 Å². The molecule has 0 fully saturated rings. The SMILES string of the molecule is CC[C@H](C(=O)NC(C)C)N(Cc1ccc(Cl)cc1Cl)C(=O)CN(c1ccc(C)c(Cl)c1)S(=O)(=O)c1ccc(C)cc1. The van der Waals surface area contributed by atoms with E-state index in [1.54, 1.807) is 56.3 Å². The molecule has 0 heterocycles. The molecular weight excluding hydrogens is 605 g/mol. The number of benzene rings is 3. The second-order valence-electron chi connectivity index (χ2n) is 10.1. The van der Waals surface area contributed by atoms with E-state index in [0.717, 1.165) is 15.4 Å². The number of nitrogens with zero attached hydrogens (tertiary/aromatic N) is 2. The van der Waals surface area contributed by atoms with Gasteiger partial charge >= 0.3 is 0 Å². The van der Waals surface area contributed by atoms with E-state index in [1.807, 2.05) is 20.8 Å². The fourth-order valence-corrected chi connectivity index (χ4v) is 6.29. The van der Waals surface area contributed by atoms with Crippen molar-refractivity contribution in [1.82, 2.24) is 10.2 Å². The highest BCUT2D eigenvalue weighted by Gasteiger charge is 2.34. The summed E-state index contributed by atoms with van der Waals surface area (Å²) in [5.74, 6) is -0.943. The minimum Gasteiger partial charge on any atom is -0.352 e. The van der Waals surface area contributed by atoms with Crippen LogP contribution in [0.15, 0.2) is 65.6 Å². The molecule has 3 aromatic carbocycles. The highest BCUT2D eigenvalue weighted by molar-refractivity contribution is 7.92. The monoisotopic (exact) mass is 637 g/mol. The Morgan fingerprint density at radius 2 is 1.56 bits per heavy atom. The van der Waals surface area contributed by atoms with Crippen LogP contribution in [0.3, 0.4) is 0 Å². The molecule has 3 rings (SSSR count). The number of hydrogen-bond acceptors (Lipinski definition) is 4. The minimum atomic E-state index is -4.20. The van der Waals surface area contributed by atoms with E-state index in [2.05, 4.69) is 5.32 Å². The van der Waals surface area contributed by atoms with E-state index in [1.165, 1.54) is 23.1 Å². The Labute approximate surface area is 257 Å². The summed E-state index contributed by atoms with van der Waals surface area (Å²) in [6.07, 6.45) is 0.288. The third kappa shape index (κ3) is 8.16. The number of halogens is 3. The summed E-state index contributed by atoms with van der Waals surface area (Å²) in [5, 5.41) is 3.96. The van der Waals surface area contributed by atoms with Gasteiger partial charge in [0.1, 0.15) is 12.6 Å². The number of hydrogen-bond donors (Lipinski definition) is 1. The number of aryl methyl sites for hydroxylation is 2. The summed E-state index contributed by atoms with van der Waals surface area (Å²) in [6.45, 7) is 8.47. The molecule has 7 nitrogen and oxygen atoms in total. The fraction of sp³-hybridized carbons (Fsp3) is 0.333. The third-order valence-corrected chi connectivity index (χ3v) is 9.29. The molecule has 0 unspecified atom stereocenters. The van der Waals surface area contributed by atoms with Gasteiger partial charge in [0.05, 0.1) is 10.6 Å². The Morgan fingerprint density at radius 1 is 0.902 bits per heavy atom. The highest BCUT2D eigenvalue weighted by Crippen LogP contribution is 2.29. The topological polar surface area (TPSA) is 86.8 Å². The lowest BCUT2D eigenvalue weighted by Gasteiger charge is -2.33. The number of carbonyl (C=O) groups is 2. The van der Waals surface area contributed by atoms with Crippen LogP contribution >= 0.6 is 34.8 Å². The van der Waals surface area contributed by atoms with Gasteiger partial charge in [-0.3, -0.25) is 13.9 Å². The second kappa shape index (κ2) is 13.9. The molecule has 220 valence electrons. The first-order valence-corrected chi connectivity index (χ1v) is 15.7. The van der Waals surface area contributed by atoms with Crippen molar-refractivity contribution in [3.8, 4) is 0 Å². The maximum Gasteiger partial charge on any atom is 0.264 e.